The van der Waals surface area contributed by atoms with Gasteiger partial charge in [0.1, 0.15) is 9.73 Å². The molecule has 1 fully saturated rings. The number of thiophene rings is 1. The number of hydrogen-bond donors (Lipinski definition) is 2. The summed E-state index contributed by atoms with van der Waals surface area (Å²) in [5.41, 5.74) is 1.82. The topological polar surface area (TPSA) is 134 Å². The quantitative estimate of drug-likeness (QED) is 0.351. The number of sulfonamides is 1. The number of halogens is 1. The lowest BCUT2D eigenvalue weighted by atomic mass is 10.1. The molecule has 37 heavy (non-hydrogen) atoms. The number of benzene rings is 2. The first-order valence-electron chi connectivity index (χ1n) is 11.4. The van der Waals surface area contributed by atoms with Gasteiger partial charge in [-0.1, -0.05) is 16.8 Å². The largest absolute Gasteiger partial charge is 0.478 e. The monoisotopic (exact) mass is 559 g/mol. The fraction of sp³-hybridized carbons (Fsp3) is 0.250. The van der Waals surface area contributed by atoms with E-state index in [1.807, 2.05) is 0 Å². The summed E-state index contributed by atoms with van der Waals surface area (Å²) in [6.45, 7) is 0.808. The zero-order valence-corrected chi connectivity index (χ0v) is 21.8. The van der Waals surface area contributed by atoms with Gasteiger partial charge in [0.15, 0.2) is 0 Å². The third-order valence-electron chi connectivity index (χ3n) is 6.25. The number of aromatic nitrogens is 3. The minimum Gasteiger partial charge on any atom is -0.478 e. The van der Waals surface area contributed by atoms with Gasteiger partial charge in [-0.2, -0.15) is 4.31 Å². The average molecular weight is 560 g/mol. The third-order valence-corrected chi connectivity index (χ3v) is 9.95. The molecule has 192 valence electrons. The molecule has 0 saturated carbocycles. The molecule has 0 spiro atoms. The van der Waals surface area contributed by atoms with Gasteiger partial charge >= 0.3 is 5.97 Å². The third kappa shape index (κ3) is 5.23. The summed E-state index contributed by atoms with van der Waals surface area (Å²) in [5.74, 6) is -1.30. The van der Waals surface area contributed by atoms with Crippen LogP contribution >= 0.6 is 22.9 Å². The summed E-state index contributed by atoms with van der Waals surface area (Å²) in [5, 5.41) is 20.9. The Bertz CT molecular complexity index is 1570. The van der Waals surface area contributed by atoms with Crippen LogP contribution < -0.4 is 5.32 Å². The molecule has 2 N–H and O–H groups in total. The molecule has 0 unspecified atom stereocenters. The highest BCUT2D eigenvalue weighted by molar-refractivity contribution is 7.91. The molecule has 1 aliphatic rings. The Kier molecular flexibility index (Phi) is 6.99. The van der Waals surface area contributed by atoms with E-state index in [1.54, 1.807) is 53.2 Å². The zero-order valence-electron chi connectivity index (χ0n) is 19.4. The summed E-state index contributed by atoms with van der Waals surface area (Å²) in [6, 6.07) is 14.3. The summed E-state index contributed by atoms with van der Waals surface area (Å²) < 4.78 is 29.9. The molecule has 2 aromatic heterocycles. The van der Waals surface area contributed by atoms with Crippen LogP contribution in [0.5, 0.6) is 0 Å². The van der Waals surface area contributed by atoms with Gasteiger partial charge in [0, 0.05) is 28.6 Å². The Morgan fingerprint density at radius 2 is 1.76 bits per heavy atom. The van der Waals surface area contributed by atoms with Crippen molar-refractivity contribution in [3.63, 3.8) is 0 Å². The van der Waals surface area contributed by atoms with E-state index in [1.165, 1.54) is 10.4 Å². The minimum absolute atomic E-state index is 0.0949. The Morgan fingerprint density at radius 1 is 1.05 bits per heavy atom. The van der Waals surface area contributed by atoms with Crippen LogP contribution in [0.2, 0.25) is 5.02 Å². The first-order chi connectivity index (χ1) is 17.7. The average Bonchev–Trinajstić information content (AvgIpc) is 3.55. The normalized spacial score (nSPS) is 15.2. The van der Waals surface area contributed by atoms with Crippen LogP contribution in [-0.4, -0.2) is 57.8 Å². The summed E-state index contributed by atoms with van der Waals surface area (Å²) >= 11 is 6.98. The fourth-order valence-electron chi connectivity index (χ4n) is 4.26. The second kappa shape index (κ2) is 10.2. The van der Waals surface area contributed by atoms with E-state index in [0.717, 1.165) is 16.2 Å². The fourth-order valence-corrected chi connectivity index (χ4v) is 7.30. The summed E-state index contributed by atoms with van der Waals surface area (Å²) in [7, 11) is -3.69. The van der Waals surface area contributed by atoms with Gasteiger partial charge in [0.2, 0.25) is 0 Å². The van der Waals surface area contributed by atoms with Gasteiger partial charge in [0.25, 0.3) is 15.9 Å². The van der Waals surface area contributed by atoms with E-state index >= 15 is 0 Å². The molecule has 1 saturated heterocycles. The minimum atomic E-state index is -3.69. The molecular formula is C24H22ClN5O5S2. The van der Waals surface area contributed by atoms with Gasteiger partial charge in [-0.15, -0.1) is 16.4 Å². The van der Waals surface area contributed by atoms with E-state index in [9.17, 15) is 23.1 Å². The Hall–Kier alpha value is -3.32. The van der Waals surface area contributed by atoms with E-state index in [2.05, 4.69) is 15.6 Å². The Labute approximate surface area is 221 Å². The molecule has 13 heteroatoms. The maximum atomic E-state index is 13.3. The Balaban J connectivity index is 1.22. The maximum Gasteiger partial charge on any atom is 0.335 e. The lowest BCUT2D eigenvalue weighted by molar-refractivity contribution is 0.0696. The molecule has 5 rings (SSSR count). The number of hydrogen-bond acceptors (Lipinski definition) is 7. The zero-order chi connectivity index (χ0) is 26.2. The van der Waals surface area contributed by atoms with Crippen molar-refractivity contribution in [1.82, 2.24) is 24.6 Å². The SMILES string of the molecule is O=C(O)c1ccc2nnn(C3CCN(S(=O)(=O)c4ccc(CNC(=O)c5ccc(Cl)cc5)s4)CC3)c2c1. The first kappa shape index (κ1) is 25.3. The van der Waals surface area contributed by atoms with Crippen molar-refractivity contribution in [3.8, 4) is 0 Å². The molecule has 3 heterocycles. The van der Waals surface area contributed by atoms with E-state index in [4.69, 9.17) is 11.6 Å². The summed E-state index contributed by atoms with van der Waals surface area (Å²) in [4.78, 5) is 24.4. The van der Waals surface area contributed by atoms with Gasteiger partial charge in [0.05, 0.1) is 23.7 Å². The lowest BCUT2D eigenvalue weighted by Crippen LogP contribution is -2.38. The molecule has 1 aliphatic heterocycles. The second-order valence-corrected chi connectivity index (χ2v) is 12.4. The molecule has 0 atom stereocenters. The predicted octanol–water partition coefficient (Wildman–Crippen LogP) is 3.80. The number of aromatic carboxylic acids is 1. The highest BCUT2D eigenvalue weighted by atomic mass is 35.5. The van der Waals surface area contributed by atoms with Crippen molar-refractivity contribution in [2.45, 2.75) is 29.6 Å². The molecule has 0 aliphatic carbocycles. The number of carbonyl (C=O) groups is 2. The number of carboxylic acid groups (broad SMARTS) is 1. The number of amides is 1. The maximum absolute atomic E-state index is 13.3. The van der Waals surface area contributed by atoms with Gasteiger partial charge in [-0.3, -0.25) is 4.79 Å². The number of nitrogens with one attached hydrogen (secondary N) is 1. The van der Waals surface area contributed by atoms with Crippen LogP contribution in [0.3, 0.4) is 0 Å². The van der Waals surface area contributed by atoms with Crippen molar-refractivity contribution < 1.29 is 23.1 Å². The van der Waals surface area contributed by atoms with E-state index in [-0.39, 0.29) is 28.3 Å². The van der Waals surface area contributed by atoms with Crippen LogP contribution in [0, 0.1) is 0 Å². The van der Waals surface area contributed by atoms with Gasteiger partial charge < -0.3 is 10.4 Å². The molecular weight excluding hydrogens is 538 g/mol. The molecule has 4 aromatic rings. The highest BCUT2D eigenvalue weighted by Gasteiger charge is 2.32. The predicted molar refractivity (Wildman–Crippen MR) is 138 cm³/mol. The van der Waals surface area contributed by atoms with Gasteiger partial charge in [-0.25, -0.2) is 17.9 Å². The van der Waals surface area contributed by atoms with Crippen molar-refractivity contribution in [2.24, 2.45) is 0 Å². The number of carbonyl (C=O) groups excluding carboxylic acids is 1. The van der Waals surface area contributed by atoms with Crippen LogP contribution in [0.15, 0.2) is 58.8 Å². The molecule has 1 amide bonds. The van der Waals surface area contributed by atoms with Crippen molar-refractivity contribution in [2.75, 3.05) is 13.1 Å². The molecule has 2 aromatic carbocycles. The second-order valence-electron chi connectivity index (χ2n) is 8.59. The molecule has 0 radical (unpaired) electrons. The standard InChI is InChI=1S/C24H22ClN5O5S2/c25-17-4-1-15(2-5-17)23(31)26-14-19-6-8-22(36-19)37(34,35)29-11-9-18(10-12-29)30-21-13-16(24(32)33)3-7-20(21)27-28-30/h1-8,13,18H,9-12,14H2,(H,26,31)(H,32,33). The number of carboxylic acids is 1. The number of rotatable bonds is 7. The van der Waals surface area contributed by atoms with Crippen LogP contribution in [0.1, 0.15) is 44.5 Å². The number of nitrogens with zero attached hydrogens (tertiary/aromatic N) is 4. The number of piperidine rings is 1. The highest BCUT2D eigenvalue weighted by Crippen LogP contribution is 2.31. The first-order valence-corrected chi connectivity index (χ1v) is 14.1. The van der Waals surface area contributed by atoms with Crippen molar-refractivity contribution in [3.05, 3.63) is 75.6 Å². The molecule has 0 bridgehead atoms. The van der Waals surface area contributed by atoms with E-state index in [0.29, 0.717) is 47.6 Å². The smallest absolute Gasteiger partial charge is 0.335 e. The van der Waals surface area contributed by atoms with Crippen molar-refractivity contribution >= 4 is 55.9 Å². The number of fused-ring (bicyclic) bond motifs is 1. The summed E-state index contributed by atoms with van der Waals surface area (Å²) in [6.07, 6.45) is 1.04. The molecule has 10 nitrogen and oxygen atoms in total. The van der Waals surface area contributed by atoms with Gasteiger partial charge in [-0.05, 0) is 67.4 Å². The lowest BCUT2D eigenvalue weighted by Gasteiger charge is -2.30. The Morgan fingerprint density at radius 3 is 2.46 bits per heavy atom. The van der Waals surface area contributed by atoms with E-state index < -0.39 is 16.0 Å². The van der Waals surface area contributed by atoms with Crippen LogP contribution in [-0.2, 0) is 16.6 Å². The van der Waals surface area contributed by atoms with Crippen molar-refractivity contribution in [1.29, 1.82) is 0 Å². The van der Waals surface area contributed by atoms with Crippen LogP contribution in [0.25, 0.3) is 11.0 Å². The van der Waals surface area contributed by atoms with Crippen LogP contribution in [0.4, 0.5) is 0 Å².